The fourth-order valence-corrected chi connectivity index (χ4v) is 5.48. The van der Waals surface area contributed by atoms with Gasteiger partial charge in [-0.3, -0.25) is 4.79 Å². The molecule has 1 amide bonds. The van der Waals surface area contributed by atoms with E-state index in [-0.39, 0.29) is 17.2 Å². The van der Waals surface area contributed by atoms with Crippen molar-refractivity contribution in [2.75, 3.05) is 26.3 Å². The first kappa shape index (κ1) is 21.6. The molecule has 2 aromatic carbocycles. The van der Waals surface area contributed by atoms with Crippen LogP contribution in [0.15, 0.2) is 64.9 Å². The molecule has 0 saturated carbocycles. The van der Waals surface area contributed by atoms with E-state index in [1.807, 2.05) is 35.7 Å². The minimum atomic E-state index is -3.51. The van der Waals surface area contributed by atoms with E-state index in [0.717, 1.165) is 21.8 Å². The van der Waals surface area contributed by atoms with E-state index in [4.69, 9.17) is 4.74 Å². The first-order valence-corrected chi connectivity index (χ1v) is 12.3. The van der Waals surface area contributed by atoms with Crippen LogP contribution in [0.1, 0.15) is 11.3 Å². The molecule has 1 aliphatic heterocycles. The second-order valence-corrected chi connectivity index (χ2v) is 9.92. The molecule has 3 aromatic rings. The number of nitrogens with one attached hydrogen (secondary N) is 1. The summed E-state index contributed by atoms with van der Waals surface area (Å²) >= 11 is 1.51. The van der Waals surface area contributed by atoms with Gasteiger partial charge >= 0.3 is 0 Å². The van der Waals surface area contributed by atoms with E-state index < -0.39 is 10.0 Å². The summed E-state index contributed by atoms with van der Waals surface area (Å²) in [5.74, 6) is -0.130. The summed E-state index contributed by atoms with van der Waals surface area (Å²) in [6.45, 7) is 1.88. The average molecular weight is 458 g/mol. The van der Waals surface area contributed by atoms with Crippen LogP contribution in [0.4, 0.5) is 0 Å². The minimum absolute atomic E-state index is 0.130. The van der Waals surface area contributed by atoms with Gasteiger partial charge in [-0.05, 0) is 17.7 Å². The molecule has 0 atom stereocenters. The molecule has 1 saturated heterocycles. The molecule has 0 aliphatic carbocycles. The van der Waals surface area contributed by atoms with Crippen LogP contribution in [0, 0.1) is 0 Å². The number of nitrogens with zero attached hydrogens (tertiary/aromatic N) is 2. The number of sulfonamides is 1. The summed E-state index contributed by atoms with van der Waals surface area (Å²) in [5, 5.41) is 5.65. The van der Waals surface area contributed by atoms with Crippen molar-refractivity contribution in [1.82, 2.24) is 14.6 Å². The number of carbonyl (C=O) groups is 1. The molecule has 1 aromatic heterocycles. The Balaban J connectivity index is 1.31. The maximum atomic E-state index is 12.7. The lowest BCUT2D eigenvalue weighted by Crippen LogP contribution is -2.40. The summed E-state index contributed by atoms with van der Waals surface area (Å²) < 4.78 is 32.0. The highest BCUT2D eigenvalue weighted by Crippen LogP contribution is 2.23. The summed E-state index contributed by atoms with van der Waals surface area (Å²) in [5.41, 5.74) is 2.59. The van der Waals surface area contributed by atoms with E-state index >= 15 is 0 Å². The van der Waals surface area contributed by atoms with Gasteiger partial charge in [0.1, 0.15) is 5.01 Å². The van der Waals surface area contributed by atoms with Gasteiger partial charge in [0, 0.05) is 30.6 Å². The average Bonchev–Trinajstić information content (AvgIpc) is 3.27. The highest BCUT2D eigenvalue weighted by molar-refractivity contribution is 7.89. The molecule has 1 aliphatic rings. The predicted octanol–water partition coefficient (Wildman–Crippen LogP) is 2.69. The van der Waals surface area contributed by atoms with E-state index in [0.29, 0.717) is 32.8 Å². The van der Waals surface area contributed by atoms with Crippen LogP contribution in [0.3, 0.4) is 0 Å². The van der Waals surface area contributed by atoms with Gasteiger partial charge in [0.05, 0.1) is 30.2 Å². The van der Waals surface area contributed by atoms with Crippen molar-refractivity contribution in [3.05, 3.63) is 71.2 Å². The molecule has 2 heterocycles. The Labute approximate surface area is 185 Å². The Morgan fingerprint density at radius 3 is 2.48 bits per heavy atom. The van der Waals surface area contributed by atoms with Crippen molar-refractivity contribution in [3.8, 4) is 10.6 Å². The molecule has 0 bridgehead atoms. The quantitative estimate of drug-likeness (QED) is 0.589. The predicted molar refractivity (Wildman–Crippen MR) is 119 cm³/mol. The number of amides is 1. The SMILES string of the molecule is O=C(Cc1csc(-c2ccccc2)n1)NCc1ccc(S(=O)(=O)N2CCOCC2)cc1. The Bertz CT molecular complexity index is 1120. The Kier molecular flexibility index (Phi) is 6.77. The summed E-state index contributed by atoms with van der Waals surface area (Å²) in [4.78, 5) is 17.1. The number of hydrogen-bond acceptors (Lipinski definition) is 6. The highest BCUT2D eigenvalue weighted by Gasteiger charge is 2.26. The monoisotopic (exact) mass is 457 g/mol. The van der Waals surface area contributed by atoms with Gasteiger partial charge in [0.15, 0.2) is 0 Å². The molecule has 0 unspecified atom stereocenters. The number of hydrogen-bond donors (Lipinski definition) is 1. The molecule has 4 rings (SSSR count). The molecule has 1 fully saturated rings. The van der Waals surface area contributed by atoms with Crippen LogP contribution in [0.2, 0.25) is 0 Å². The second-order valence-electron chi connectivity index (χ2n) is 7.12. The Morgan fingerprint density at radius 1 is 1.06 bits per heavy atom. The van der Waals surface area contributed by atoms with Gasteiger partial charge in [-0.15, -0.1) is 11.3 Å². The molecule has 1 N–H and O–H groups in total. The molecule has 31 heavy (non-hydrogen) atoms. The van der Waals surface area contributed by atoms with Crippen LogP contribution in [0.25, 0.3) is 10.6 Å². The van der Waals surface area contributed by atoms with Crippen molar-refractivity contribution in [1.29, 1.82) is 0 Å². The number of ether oxygens (including phenoxy) is 1. The molecule has 7 nitrogen and oxygen atoms in total. The second kappa shape index (κ2) is 9.69. The number of thiazole rings is 1. The fraction of sp³-hybridized carbons (Fsp3) is 0.273. The minimum Gasteiger partial charge on any atom is -0.379 e. The van der Waals surface area contributed by atoms with Crippen molar-refractivity contribution in [2.45, 2.75) is 17.9 Å². The molecule has 162 valence electrons. The van der Waals surface area contributed by atoms with Crippen molar-refractivity contribution < 1.29 is 17.9 Å². The van der Waals surface area contributed by atoms with E-state index in [9.17, 15) is 13.2 Å². The Hall–Kier alpha value is -2.59. The van der Waals surface area contributed by atoms with Crippen LogP contribution >= 0.6 is 11.3 Å². The molecular formula is C22H23N3O4S2. The zero-order valence-electron chi connectivity index (χ0n) is 16.9. The van der Waals surface area contributed by atoms with Gasteiger partial charge in [0.2, 0.25) is 15.9 Å². The summed E-state index contributed by atoms with van der Waals surface area (Å²) in [6, 6.07) is 16.5. The first-order chi connectivity index (χ1) is 15.0. The van der Waals surface area contributed by atoms with Gasteiger partial charge in [-0.1, -0.05) is 42.5 Å². The van der Waals surface area contributed by atoms with Crippen molar-refractivity contribution in [3.63, 3.8) is 0 Å². The maximum Gasteiger partial charge on any atom is 0.243 e. The van der Waals surface area contributed by atoms with E-state index in [1.54, 1.807) is 24.3 Å². The molecule has 9 heteroatoms. The fourth-order valence-electron chi connectivity index (χ4n) is 3.24. The third-order valence-corrected chi connectivity index (χ3v) is 7.79. The standard InChI is InChI=1S/C22H23N3O4S2/c26-21(14-19-16-30-22(24-19)18-4-2-1-3-5-18)23-15-17-6-8-20(9-7-17)31(27,28)25-10-12-29-13-11-25/h1-9,16H,10-15H2,(H,23,26). The Morgan fingerprint density at radius 2 is 1.77 bits per heavy atom. The highest BCUT2D eigenvalue weighted by atomic mass is 32.2. The third-order valence-electron chi connectivity index (χ3n) is 4.94. The lowest BCUT2D eigenvalue weighted by molar-refractivity contribution is -0.120. The van der Waals surface area contributed by atoms with Gasteiger partial charge in [-0.25, -0.2) is 13.4 Å². The van der Waals surface area contributed by atoms with Crippen molar-refractivity contribution >= 4 is 27.3 Å². The van der Waals surface area contributed by atoms with Gasteiger partial charge < -0.3 is 10.1 Å². The summed E-state index contributed by atoms with van der Waals surface area (Å²) in [6.07, 6.45) is 0.201. The normalized spacial score (nSPS) is 15.0. The zero-order chi connectivity index (χ0) is 21.7. The van der Waals surface area contributed by atoms with E-state index in [1.165, 1.54) is 15.6 Å². The van der Waals surface area contributed by atoms with E-state index in [2.05, 4.69) is 10.3 Å². The van der Waals surface area contributed by atoms with Crippen molar-refractivity contribution in [2.24, 2.45) is 0 Å². The lowest BCUT2D eigenvalue weighted by Gasteiger charge is -2.26. The maximum absolute atomic E-state index is 12.7. The number of carbonyl (C=O) groups excluding carboxylic acids is 1. The van der Waals surface area contributed by atoms with Gasteiger partial charge in [0.25, 0.3) is 0 Å². The van der Waals surface area contributed by atoms with Crippen LogP contribution < -0.4 is 5.32 Å². The molecular weight excluding hydrogens is 434 g/mol. The van der Waals surface area contributed by atoms with Crippen LogP contribution in [-0.2, 0) is 32.5 Å². The third kappa shape index (κ3) is 5.37. The van der Waals surface area contributed by atoms with Crippen LogP contribution in [0.5, 0.6) is 0 Å². The molecule has 0 radical (unpaired) electrons. The number of rotatable bonds is 7. The number of aromatic nitrogens is 1. The topological polar surface area (TPSA) is 88.6 Å². The number of benzene rings is 2. The molecule has 0 spiro atoms. The van der Waals surface area contributed by atoms with Crippen LogP contribution in [-0.4, -0.2) is 49.9 Å². The zero-order valence-corrected chi connectivity index (χ0v) is 18.5. The number of morpholine rings is 1. The smallest absolute Gasteiger partial charge is 0.243 e. The summed E-state index contributed by atoms with van der Waals surface area (Å²) in [7, 11) is -3.51. The lowest BCUT2D eigenvalue weighted by atomic mass is 10.2. The first-order valence-electron chi connectivity index (χ1n) is 9.96. The van der Waals surface area contributed by atoms with Gasteiger partial charge in [-0.2, -0.15) is 4.31 Å². The largest absolute Gasteiger partial charge is 0.379 e.